The van der Waals surface area contributed by atoms with E-state index in [1.807, 2.05) is 12.1 Å². The van der Waals surface area contributed by atoms with E-state index in [9.17, 15) is 9.18 Å². The van der Waals surface area contributed by atoms with E-state index in [0.29, 0.717) is 23.8 Å². The first kappa shape index (κ1) is 19.8. The summed E-state index contributed by atoms with van der Waals surface area (Å²) in [5, 5.41) is 6.65. The van der Waals surface area contributed by atoms with E-state index in [-0.39, 0.29) is 23.3 Å². The molecule has 3 heterocycles. The first-order valence-corrected chi connectivity index (χ1v) is 10.2. The molecule has 0 radical (unpaired) electrons. The summed E-state index contributed by atoms with van der Waals surface area (Å²) >= 11 is 0. The summed E-state index contributed by atoms with van der Waals surface area (Å²) in [4.78, 5) is 17.5. The number of ether oxygens (including phenoxy) is 1. The summed E-state index contributed by atoms with van der Waals surface area (Å²) < 4.78 is 20.4. The Morgan fingerprint density at radius 2 is 2.07 bits per heavy atom. The van der Waals surface area contributed by atoms with Gasteiger partial charge in [-0.25, -0.2) is 13.9 Å². The Labute approximate surface area is 169 Å². The lowest BCUT2D eigenvalue weighted by Crippen LogP contribution is -2.28. The summed E-state index contributed by atoms with van der Waals surface area (Å²) in [5.74, 6) is 0.322. The molecule has 0 aliphatic carbocycles. The molecule has 154 valence electrons. The van der Waals surface area contributed by atoms with E-state index in [2.05, 4.69) is 24.3 Å². The molecule has 0 amide bonds. The van der Waals surface area contributed by atoms with Crippen LogP contribution in [0.2, 0.25) is 0 Å². The van der Waals surface area contributed by atoms with E-state index < -0.39 is 0 Å². The van der Waals surface area contributed by atoms with Gasteiger partial charge in [-0.15, -0.1) is 0 Å². The number of aromatic amines is 1. The second-order valence-corrected chi connectivity index (χ2v) is 8.04. The first-order chi connectivity index (χ1) is 14.0. The molecule has 6 nitrogen and oxygen atoms in total. The highest BCUT2D eigenvalue weighted by atomic mass is 19.1. The lowest BCUT2D eigenvalue weighted by molar-refractivity contribution is 0.0844. The van der Waals surface area contributed by atoms with Crippen molar-refractivity contribution >= 4 is 5.65 Å². The van der Waals surface area contributed by atoms with Gasteiger partial charge in [-0.05, 0) is 36.5 Å². The molecule has 3 aromatic rings. The Morgan fingerprint density at radius 1 is 1.28 bits per heavy atom. The van der Waals surface area contributed by atoms with E-state index >= 15 is 0 Å². The molecule has 29 heavy (non-hydrogen) atoms. The maximum Gasteiger partial charge on any atom is 0.272 e. The summed E-state index contributed by atoms with van der Waals surface area (Å²) in [6.07, 6.45) is 1.89. The van der Waals surface area contributed by atoms with E-state index in [1.54, 1.807) is 12.1 Å². The van der Waals surface area contributed by atoms with Crippen LogP contribution in [0.15, 0.2) is 41.2 Å². The normalized spacial score (nSPS) is 16.6. The minimum atomic E-state index is -0.254. The molecule has 1 saturated heterocycles. The zero-order valence-electron chi connectivity index (χ0n) is 16.8. The molecule has 1 fully saturated rings. The number of fused-ring (bicyclic) bond motifs is 1. The predicted molar refractivity (Wildman–Crippen MR) is 109 cm³/mol. The minimum absolute atomic E-state index is 0.114. The molecule has 0 bridgehead atoms. The third-order valence-electron chi connectivity index (χ3n) is 5.55. The maximum absolute atomic E-state index is 13.5. The van der Waals surface area contributed by atoms with Crippen LogP contribution in [0.1, 0.15) is 55.6 Å². The van der Waals surface area contributed by atoms with Gasteiger partial charge in [-0.1, -0.05) is 26.0 Å². The fourth-order valence-corrected chi connectivity index (χ4v) is 3.96. The van der Waals surface area contributed by atoms with Gasteiger partial charge in [0.05, 0.1) is 11.7 Å². The maximum atomic E-state index is 13.5. The molecule has 2 N–H and O–H groups in total. The van der Waals surface area contributed by atoms with Gasteiger partial charge in [-0.3, -0.25) is 9.89 Å². The highest BCUT2D eigenvalue weighted by molar-refractivity contribution is 5.41. The van der Waals surface area contributed by atoms with Crippen molar-refractivity contribution in [2.24, 2.45) is 5.92 Å². The predicted octanol–water partition coefficient (Wildman–Crippen LogP) is 3.54. The lowest BCUT2D eigenvalue weighted by atomic mass is 9.97. The number of nitrogens with one attached hydrogen (secondary N) is 2. The van der Waals surface area contributed by atoms with Gasteiger partial charge in [-0.2, -0.15) is 0 Å². The fraction of sp³-hybridized carbons (Fsp3) is 0.455. The highest BCUT2D eigenvalue weighted by Crippen LogP contribution is 2.27. The number of benzene rings is 1. The minimum Gasteiger partial charge on any atom is -0.381 e. The molecule has 0 unspecified atom stereocenters. The van der Waals surface area contributed by atoms with E-state index in [4.69, 9.17) is 9.72 Å². The smallest absolute Gasteiger partial charge is 0.272 e. The molecule has 0 saturated carbocycles. The van der Waals surface area contributed by atoms with Gasteiger partial charge < -0.3 is 10.1 Å². The van der Waals surface area contributed by atoms with Crippen molar-refractivity contribution in [3.05, 3.63) is 69.5 Å². The van der Waals surface area contributed by atoms with Crippen LogP contribution in [0.5, 0.6) is 0 Å². The van der Waals surface area contributed by atoms with Gasteiger partial charge in [0, 0.05) is 43.5 Å². The zero-order chi connectivity index (χ0) is 20.4. The Balaban J connectivity index is 1.60. The van der Waals surface area contributed by atoms with Crippen LogP contribution in [-0.4, -0.2) is 27.8 Å². The Kier molecular flexibility index (Phi) is 5.78. The van der Waals surface area contributed by atoms with Crippen molar-refractivity contribution in [1.82, 2.24) is 19.9 Å². The lowest BCUT2D eigenvalue weighted by Gasteiger charge is -2.22. The average Bonchev–Trinajstić information content (AvgIpc) is 3.14. The van der Waals surface area contributed by atoms with Crippen molar-refractivity contribution in [3.63, 3.8) is 0 Å². The topological polar surface area (TPSA) is 71.4 Å². The number of H-pyrrole nitrogens is 1. The van der Waals surface area contributed by atoms with Crippen molar-refractivity contribution < 1.29 is 9.13 Å². The van der Waals surface area contributed by atoms with Crippen LogP contribution in [0, 0.1) is 11.7 Å². The summed E-state index contributed by atoms with van der Waals surface area (Å²) in [6.45, 7) is 6.15. The number of rotatable bonds is 6. The second-order valence-electron chi connectivity index (χ2n) is 8.04. The summed E-state index contributed by atoms with van der Waals surface area (Å²) in [7, 11) is 0. The van der Waals surface area contributed by atoms with Gasteiger partial charge >= 0.3 is 0 Å². The van der Waals surface area contributed by atoms with Crippen molar-refractivity contribution in [2.45, 2.75) is 45.2 Å². The summed E-state index contributed by atoms with van der Waals surface area (Å²) in [5.41, 5.74) is 3.11. The highest BCUT2D eigenvalue weighted by Gasteiger charge is 2.22. The molecule has 1 aromatic carbocycles. The first-order valence-electron chi connectivity index (χ1n) is 10.2. The SMILES string of the molecule is CC(C)[C@@H](NCc1cccc(F)c1)c1cc(=O)n2[nH]c(C3CCOCC3)cc2n1. The monoisotopic (exact) mass is 398 g/mol. The molecule has 0 spiro atoms. The van der Waals surface area contributed by atoms with Crippen LogP contribution in [0.25, 0.3) is 5.65 Å². The number of aromatic nitrogens is 3. The summed E-state index contributed by atoms with van der Waals surface area (Å²) in [6, 6.07) is 9.98. The van der Waals surface area contributed by atoms with Gasteiger partial charge in [0.1, 0.15) is 5.82 Å². The molecule has 1 aliphatic rings. The third kappa shape index (κ3) is 4.41. The van der Waals surface area contributed by atoms with Crippen molar-refractivity contribution in [1.29, 1.82) is 0 Å². The number of halogens is 1. The molecule has 4 rings (SSSR count). The van der Waals surface area contributed by atoms with E-state index in [1.165, 1.54) is 16.6 Å². The van der Waals surface area contributed by atoms with Crippen molar-refractivity contribution in [2.75, 3.05) is 13.2 Å². The molecule has 1 aliphatic heterocycles. The van der Waals surface area contributed by atoms with Crippen LogP contribution >= 0.6 is 0 Å². The Morgan fingerprint density at radius 3 is 2.79 bits per heavy atom. The third-order valence-corrected chi connectivity index (χ3v) is 5.55. The van der Waals surface area contributed by atoms with Crippen molar-refractivity contribution in [3.8, 4) is 0 Å². The molecule has 2 aromatic heterocycles. The molecular weight excluding hydrogens is 371 g/mol. The zero-order valence-corrected chi connectivity index (χ0v) is 16.8. The van der Waals surface area contributed by atoms with Gasteiger partial charge in [0.2, 0.25) is 0 Å². The Bertz CT molecular complexity index is 1040. The average molecular weight is 398 g/mol. The molecule has 7 heteroatoms. The molecule has 1 atom stereocenters. The quantitative estimate of drug-likeness (QED) is 0.666. The fourth-order valence-electron chi connectivity index (χ4n) is 3.96. The number of hydrogen-bond acceptors (Lipinski definition) is 4. The van der Waals surface area contributed by atoms with Crippen LogP contribution in [0.4, 0.5) is 4.39 Å². The standard InChI is InChI=1S/C22H27FN4O2/c1-14(2)22(24-13-15-4-3-5-17(23)10-15)19-12-21(28)27-20(25-19)11-18(26-27)16-6-8-29-9-7-16/h3-5,10-12,14,16,22,24,26H,6-9,13H2,1-2H3/t22-/m1/s1. The Hall–Kier alpha value is -2.51. The van der Waals surface area contributed by atoms with Crippen LogP contribution < -0.4 is 10.9 Å². The number of hydrogen-bond donors (Lipinski definition) is 2. The van der Waals surface area contributed by atoms with Gasteiger partial charge in [0.15, 0.2) is 5.65 Å². The van der Waals surface area contributed by atoms with Crippen LogP contribution in [0.3, 0.4) is 0 Å². The van der Waals surface area contributed by atoms with E-state index in [0.717, 1.165) is 37.3 Å². The second kappa shape index (κ2) is 8.47. The number of nitrogens with zero attached hydrogens (tertiary/aromatic N) is 2. The largest absolute Gasteiger partial charge is 0.381 e. The molecular formula is C22H27FN4O2. The van der Waals surface area contributed by atoms with Gasteiger partial charge in [0.25, 0.3) is 5.56 Å². The van der Waals surface area contributed by atoms with Crippen LogP contribution in [-0.2, 0) is 11.3 Å².